The summed E-state index contributed by atoms with van der Waals surface area (Å²) >= 11 is 0. The largest absolute Gasteiger partial charge is 0.350 e. The van der Waals surface area contributed by atoms with Crippen molar-refractivity contribution in [2.75, 3.05) is 6.54 Å². The Hall–Kier alpha value is -3.09. The molecule has 7 nitrogen and oxygen atoms in total. The van der Waals surface area contributed by atoms with E-state index in [1.165, 1.54) is 18.0 Å². The number of hydrogen-bond donors (Lipinski definition) is 2. The molecule has 1 amide bonds. The zero-order chi connectivity index (χ0) is 21.1. The van der Waals surface area contributed by atoms with Gasteiger partial charge in [0.1, 0.15) is 11.5 Å². The van der Waals surface area contributed by atoms with Gasteiger partial charge < -0.3 is 10.3 Å². The summed E-state index contributed by atoms with van der Waals surface area (Å²) in [6.07, 6.45) is 12.5. The lowest BCUT2D eigenvalue weighted by Gasteiger charge is -2.37. The van der Waals surface area contributed by atoms with E-state index in [4.69, 9.17) is 4.98 Å². The molecule has 3 aromatic heterocycles. The second kappa shape index (κ2) is 8.73. The van der Waals surface area contributed by atoms with Gasteiger partial charge in [0.25, 0.3) is 5.91 Å². The van der Waals surface area contributed by atoms with Crippen LogP contribution in [0.5, 0.6) is 0 Å². The zero-order valence-corrected chi connectivity index (χ0v) is 17.7. The molecule has 0 aliphatic heterocycles. The fraction of sp³-hybridized carbons (Fsp3) is 0.435. The summed E-state index contributed by atoms with van der Waals surface area (Å²) in [5.41, 5.74) is 3.66. The summed E-state index contributed by atoms with van der Waals surface area (Å²) in [7, 11) is 0. The van der Waals surface area contributed by atoms with Crippen molar-refractivity contribution >= 4 is 16.9 Å². The summed E-state index contributed by atoms with van der Waals surface area (Å²) in [6, 6.07) is 1.94. The smallest absolute Gasteiger partial charge is 0.271 e. The molecule has 0 spiro atoms. The molecule has 156 valence electrons. The first-order chi connectivity index (χ1) is 14.5. The van der Waals surface area contributed by atoms with Crippen LogP contribution in [-0.4, -0.2) is 37.4 Å². The number of allylic oxidation sites excluding steroid dienone is 1. The van der Waals surface area contributed by atoms with Crippen molar-refractivity contribution in [2.45, 2.75) is 33.6 Å². The van der Waals surface area contributed by atoms with Crippen molar-refractivity contribution in [1.82, 2.24) is 30.2 Å². The molecule has 0 saturated heterocycles. The minimum atomic E-state index is -0.172. The summed E-state index contributed by atoms with van der Waals surface area (Å²) in [4.78, 5) is 32.7. The van der Waals surface area contributed by atoms with E-state index >= 15 is 0 Å². The first kappa shape index (κ1) is 20.2. The Labute approximate surface area is 176 Å². The third kappa shape index (κ3) is 4.40. The molecule has 3 heterocycles. The molecule has 1 aliphatic carbocycles. The molecule has 0 unspecified atom stereocenters. The van der Waals surface area contributed by atoms with E-state index in [9.17, 15) is 4.79 Å². The van der Waals surface area contributed by atoms with Gasteiger partial charge in [-0.25, -0.2) is 9.97 Å². The fourth-order valence-corrected chi connectivity index (χ4v) is 4.46. The van der Waals surface area contributed by atoms with Crippen LogP contribution in [0.15, 0.2) is 48.7 Å². The lowest BCUT2D eigenvalue weighted by Crippen LogP contribution is -2.37. The van der Waals surface area contributed by atoms with Crippen molar-refractivity contribution in [2.24, 2.45) is 23.7 Å². The zero-order valence-electron chi connectivity index (χ0n) is 17.7. The number of aromatic nitrogens is 5. The van der Waals surface area contributed by atoms with E-state index in [1.54, 1.807) is 12.4 Å². The number of nitrogens with zero attached hydrogens (tertiary/aromatic N) is 4. The van der Waals surface area contributed by atoms with Crippen LogP contribution in [0.2, 0.25) is 0 Å². The van der Waals surface area contributed by atoms with Gasteiger partial charge in [-0.1, -0.05) is 25.5 Å². The lowest BCUT2D eigenvalue weighted by molar-refractivity contribution is 0.0933. The minimum Gasteiger partial charge on any atom is -0.350 e. The number of carbonyl (C=O) groups is 1. The molecule has 30 heavy (non-hydrogen) atoms. The summed E-state index contributed by atoms with van der Waals surface area (Å²) in [5, 5.41) is 3.04. The van der Waals surface area contributed by atoms with Gasteiger partial charge in [0.15, 0.2) is 0 Å². The van der Waals surface area contributed by atoms with Crippen LogP contribution in [0.1, 0.15) is 43.5 Å². The number of carbonyl (C=O) groups excluding carboxylic acids is 1. The molecule has 3 aromatic rings. The first-order valence-corrected chi connectivity index (χ1v) is 10.5. The number of amides is 1. The minimum absolute atomic E-state index is 0.172. The molecule has 1 aliphatic rings. The molecular formula is C23H28N6O. The van der Waals surface area contributed by atoms with Crippen LogP contribution in [0.4, 0.5) is 0 Å². The normalized spacial score (nSPS) is 21.6. The van der Waals surface area contributed by atoms with E-state index in [1.807, 2.05) is 12.3 Å². The van der Waals surface area contributed by atoms with Gasteiger partial charge in [-0.2, -0.15) is 0 Å². The first-order valence-electron chi connectivity index (χ1n) is 10.5. The highest BCUT2D eigenvalue weighted by Gasteiger charge is 2.32. The molecule has 0 aromatic carbocycles. The van der Waals surface area contributed by atoms with Crippen LogP contribution < -0.4 is 5.32 Å². The maximum absolute atomic E-state index is 12.4. The van der Waals surface area contributed by atoms with E-state index in [0.29, 0.717) is 35.9 Å². The number of fused-ring (bicyclic) bond motifs is 1. The third-order valence-corrected chi connectivity index (χ3v) is 6.15. The van der Waals surface area contributed by atoms with Crippen molar-refractivity contribution in [1.29, 1.82) is 0 Å². The molecular weight excluding hydrogens is 376 g/mol. The Bertz CT molecular complexity index is 1010. The number of imidazole rings is 1. The fourth-order valence-electron chi connectivity index (χ4n) is 4.46. The molecule has 2 N–H and O–H groups in total. The van der Waals surface area contributed by atoms with Crippen LogP contribution in [0.3, 0.4) is 0 Å². The number of nitrogens with one attached hydrogen (secondary N) is 2. The highest BCUT2D eigenvalue weighted by Crippen LogP contribution is 2.38. The molecule has 0 bridgehead atoms. The van der Waals surface area contributed by atoms with E-state index in [-0.39, 0.29) is 5.91 Å². The Morgan fingerprint density at radius 1 is 1.23 bits per heavy atom. The van der Waals surface area contributed by atoms with Gasteiger partial charge in [-0.05, 0) is 43.1 Å². The van der Waals surface area contributed by atoms with Crippen molar-refractivity contribution in [3.05, 3.63) is 60.2 Å². The monoisotopic (exact) mass is 404 g/mol. The topological polar surface area (TPSA) is 96.5 Å². The number of aromatic amines is 1. The van der Waals surface area contributed by atoms with E-state index in [0.717, 1.165) is 29.7 Å². The second-order valence-electron chi connectivity index (χ2n) is 8.50. The lowest BCUT2D eigenvalue weighted by atomic mass is 9.70. The van der Waals surface area contributed by atoms with Crippen LogP contribution >= 0.6 is 0 Å². The Morgan fingerprint density at radius 3 is 2.80 bits per heavy atom. The van der Waals surface area contributed by atoms with E-state index in [2.05, 4.69) is 52.1 Å². The van der Waals surface area contributed by atoms with Gasteiger partial charge >= 0.3 is 0 Å². The quantitative estimate of drug-likeness (QED) is 0.612. The van der Waals surface area contributed by atoms with Gasteiger partial charge in [-0.3, -0.25) is 14.8 Å². The highest BCUT2D eigenvalue weighted by molar-refractivity contribution is 5.91. The Kier molecular flexibility index (Phi) is 5.88. The number of rotatable bonds is 6. The average molecular weight is 405 g/mol. The van der Waals surface area contributed by atoms with Crippen molar-refractivity contribution in [3.63, 3.8) is 0 Å². The third-order valence-electron chi connectivity index (χ3n) is 6.15. The summed E-state index contributed by atoms with van der Waals surface area (Å²) < 4.78 is 0. The second-order valence-corrected chi connectivity index (χ2v) is 8.50. The molecule has 0 fully saturated rings. The Morgan fingerprint density at radius 2 is 2.07 bits per heavy atom. The molecule has 0 saturated carbocycles. The van der Waals surface area contributed by atoms with Crippen LogP contribution in [-0.2, 0) is 6.42 Å². The predicted octanol–water partition coefficient (Wildman–Crippen LogP) is 3.58. The SMILES string of the molecule is CC1=C[C@@H](CNC(=O)c2cnccn2)[C@H](C(C)C)C[C@H]1Cc1nc2ccncc2[nH]1. The number of pyridine rings is 1. The predicted molar refractivity (Wildman–Crippen MR) is 116 cm³/mol. The van der Waals surface area contributed by atoms with Crippen LogP contribution in [0.25, 0.3) is 11.0 Å². The van der Waals surface area contributed by atoms with Crippen molar-refractivity contribution in [3.8, 4) is 0 Å². The van der Waals surface area contributed by atoms with Crippen LogP contribution in [0, 0.1) is 23.7 Å². The highest BCUT2D eigenvalue weighted by atomic mass is 16.1. The van der Waals surface area contributed by atoms with E-state index < -0.39 is 0 Å². The maximum Gasteiger partial charge on any atom is 0.271 e. The standard InChI is InChI=1S/C23H28N6O/c1-14(2)18-9-16(10-22-28-19-4-5-24-12-20(19)29-22)15(3)8-17(18)11-27-23(30)21-13-25-6-7-26-21/h4-8,12-14,16-18H,9-11H2,1-3H3,(H,27,30)(H,28,29)/t16-,17-,18-/m0/s1. The molecule has 7 heteroatoms. The Balaban J connectivity index is 1.46. The average Bonchev–Trinajstić information content (AvgIpc) is 3.16. The van der Waals surface area contributed by atoms with Gasteiger partial charge in [0, 0.05) is 31.6 Å². The molecule has 3 atom stereocenters. The molecule has 4 rings (SSSR count). The van der Waals surface area contributed by atoms with Gasteiger partial charge in [0.2, 0.25) is 0 Å². The summed E-state index contributed by atoms with van der Waals surface area (Å²) in [6.45, 7) is 7.34. The maximum atomic E-state index is 12.4. The number of hydrogen-bond acceptors (Lipinski definition) is 5. The number of H-pyrrole nitrogens is 1. The molecule has 0 radical (unpaired) electrons. The van der Waals surface area contributed by atoms with Gasteiger partial charge in [0.05, 0.1) is 23.4 Å². The summed E-state index contributed by atoms with van der Waals surface area (Å²) in [5.74, 6) is 2.60. The van der Waals surface area contributed by atoms with Crippen molar-refractivity contribution < 1.29 is 4.79 Å². The van der Waals surface area contributed by atoms with Gasteiger partial charge in [-0.15, -0.1) is 0 Å².